The van der Waals surface area contributed by atoms with Crippen molar-refractivity contribution in [1.29, 1.82) is 0 Å². The number of anilines is 1. The highest BCUT2D eigenvalue weighted by atomic mass is 32.1. The first-order valence-corrected chi connectivity index (χ1v) is 10.6. The molecule has 0 unspecified atom stereocenters. The molecule has 0 aliphatic carbocycles. The van der Waals surface area contributed by atoms with E-state index in [1.807, 2.05) is 0 Å². The Labute approximate surface area is 191 Å². The van der Waals surface area contributed by atoms with Gasteiger partial charge in [-0.1, -0.05) is 23.5 Å². The van der Waals surface area contributed by atoms with Crippen LogP contribution in [0.1, 0.15) is 27.8 Å². The molecule has 10 nitrogen and oxygen atoms in total. The number of carbonyl (C=O) groups excluding carboxylic acids is 2. The number of carbonyl (C=O) groups is 2. The van der Waals surface area contributed by atoms with Gasteiger partial charge in [0.05, 0.1) is 29.5 Å². The van der Waals surface area contributed by atoms with Gasteiger partial charge in [-0.25, -0.2) is 9.78 Å². The van der Waals surface area contributed by atoms with Crippen molar-refractivity contribution >= 4 is 38.6 Å². The van der Waals surface area contributed by atoms with Gasteiger partial charge in [0.25, 0.3) is 11.5 Å². The lowest BCUT2D eigenvalue weighted by Crippen LogP contribution is -2.25. The Balaban J connectivity index is 1.65. The molecule has 33 heavy (non-hydrogen) atoms. The SMILES string of the molecule is CCOC(=O)c1ccc2nc(NC(=O)c3nn(-c4ccccc4OC)c(=O)cc3O)sc2c1. The third-order valence-electron chi connectivity index (χ3n) is 4.56. The molecule has 0 fully saturated rings. The lowest BCUT2D eigenvalue weighted by atomic mass is 10.2. The zero-order valence-corrected chi connectivity index (χ0v) is 18.4. The van der Waals surface area contributed by atoms with E-state index in [-0.39, 0.29) is 17.4 Å². The molecule has 2 heterocycles. The molecule has 11 heteroatoms. The van der Waals surface area contributed by atoms with Crippen LogP contribution in [0.25, 0.3) is 15.9 Å². The molecule has 0 aliphatic rings. The van der Waals surface area contributed by atoms with Gasteiger partial charge in [-0.3, -0.25) is 14.9 Å². The van der Waals surface area contributed by atoms with Crippen LogP contribution in [0.5, 0.6) is 11.5 Å². The number of benzene rings is 2. The number of aromatic hydroxyl groups is 1. The number of esters is 1. The molecule has 0 atom stereocenters. The van der Waals surface area contributed by atoms with Gasteiger partial charge in [0.15, 0.2) is 16.6 Å². The summed E-state index contributed by atoms with van der Waals surface area (Å²) in [6, 6.07) is 12.4. The van der Waals surface area contributed by atoms with Crippen LogP contribution in [0.3, 0.4) is 0 Å². The van der Waals surface area contributed by atoms with Crippen molar-refractivity contribution in [2.75, 3.05) is 19.0 Å². The molecular formula is C22H18N4O6S. The number of rotatable bonds is 6. The lowest BCUT2D eigenvalue weighted by molar-refractivity contribution is 0.0526. The first kappa shape index (κ1) is 22.0. The Kier molecular flexibility index (Phi) is 6.05. The predicted octanol–water partition coefficient (Wildman–Crippen LogP) is 2.99. The summed E-state index contributed by atoms with van der Waals surface area (Å²) in [5, 5.41) is 17.0. The summed E-state index contributed by atoms with van der Waals surface area (Å²) in [5.74, 6) is -1.42. The molecule has 0 saturated carbocycles. The number of thiazole rings is 1. The van der Waals surface area contributed by atoms with E-state index in [1.54, 1.807) is 49.4 Å². The van der Waals surface area contributed by atoms with Crippen molar-refractivity contribution in [2.45, 2.75) is 6.92 Å². The van der Waals surface area contributed by atoms with E-state index in [0.29, 0.717) is 27.2 Å². The number of fused-ring (bicyclic) bond motifs is 1. The smallest absolute Gasteiger partial charge is 0.338 e. The first-order valence-electron chi connectivity index (χ1n) is 9.77. The van der Waals surface area contributed by atoms with Crippen LogP contribution in [0, 0.1) is 0 Å². The minimum absolute atomic E-state index is 0.229. The van der Waals surface area contributed by atoms with Crippen LogP contribution in [0.4, 0.5) is 5.13 Å². The van der Waals surface area contributed by atoms with Gasteiger partial charge in [-0.05, 0) is 37.3 Å². The minimum atomic E-state index is -0.763. The van der Waals surface area contributed by atoms with E-state index in [2.05, 4.69) is 15.4 Å². The lowest BCUT2D eigenvalue weighted by Gasteiger charge is -2.11. The maximum absolute atomic E-state index is 12.8. The summed E-state index contributed by atoms with van der Waals surface area (Å²) in [4.78, 5) is 41.5. The summed E-state index contributed by atoms with van der Waals surface area (Å²) in [6.45, 7) is 1.98. The molecule has 0 radical (unpaired) electrons. The maximum atomic E-state index is 12.8. The van der Waals surface area contributed by atoms with Gasteiger partial charge in [0.1, 0.15) is 11.4 Å². The first-order chi connectivity index (χ1) is 15.9. The molecule has 0 spiro atoms. The Morgan fingerprint density at radius 2 is 1.97 bits per heavy atom. The normalized spacial score (nSPS) is 10.7. The molecule has 2 aromatic heterocycles. The number of amides is 1. The van der Waals surface area contributed by atoms with Gasteiger partial charge >= 0.3 is 5.97 Å². The van der Waals surface area contributed by atoms with E-state index in [0.717, 1.165) is 22.1 Å². The molecule has 4 aromatic rings. The van der Waals surface area contributed by atoms with E-state index >= 15 is 0 Å². The third-order valence-corrected chi connectivity index (χ3v) is 5.49. The highest BCUT2D eigenvalue weighted by Gasteiger charge is 2.20. The molecule has 2 aromatic carbocycles. The highest BCUT2D eigenvalue weighted by molar-refractivity contribution is 7.22. The van der Waals surface area contributed by atoms with Crippen molar-refractivity contribution in [1.82, 2.24) is 14.8 Å². The van der Waals surface area contributed by atoms with Crippen molar-refractivity contribution in [2.24, 2.45) is 0 Å². The Morgan fingerprint density at radius 3 is 2.73 bits per heavy atom. The standard InChI is InChI=1S/C22H18N4O6S/c1-3-32-21(30)12-8-9-13-17(10-12)33-22(23-13)24-20(29)19-15(27)11-18(28)26(25-19)14-6-4-5-7-16(14)31-2/h4-11,27H,3H2,1-2H3,(H,23,24,29). The van der Waals surface area contributed by atoms with Crippen LogP contribution in [-0.2, 0) is 4.74 Å². The number of hydrogen-bond acceptors (Lipinski definition) is 9. The largest absolute Gasteiger partial charge is 0.505 e. The second-order valence-electron chi connectivity index (χ2n) is 6.68. The number of methoxy groups -OCH3 is 1. The fourth-order valence-electron chi connectivity index (χ4n) is 3.06. The average molecular weight is 466 g/mol. The molecule has 4 rings (SSSR count). The van der Waals surface area contributed by atoms with Gasteiger partial charge in [0, 0.05) is 6.07 Å². The Bertz CT molecular complexity index is 1430. The van der Waals surface area contributed by atoms with E-state index in [9.17, 15) is 19.5 Å². The second kappa shape index (κ2) is 9.09. The highest BCUT2D eigenvalue weighted by Crippen LogP contribution is 2.28. The number of nitrogens with zero attached hydrogens (tertiary/aromatic N) is 3. The monoisotopic (exact) mass is 466 g/mol. The zero-order valence-electron chi connectivity index (χ0n) is 17.6. The fraction of sp³-hybridized carbons (Fsp3) is 0.136. The molecule has 0 saturated heterocycles. The molecule has 1 amide bonds. The molecule has 0 aliphatic heterocycles. The van der Waals surface area contributed by atoms with Crippen molar-refractivity contribution in [3.63, 3.8) is 0 Å². The van der Waals surface area contributed by atoms with Crippen molar-refractivity contribution in [3.8, 4) is 17.2 Å². The summed E-state index contributed by atoms with van der Waals surface area (Å²) in [7, 11) is 1.44. The van der Waals surface area contributed by atoms with E-state index < -0.39 is 23.2 Å². The van der Waals surface area contributed by atoms with Crippen LogP contribution < -0.4 is 15.6 Å². The molecular weight excluding hydrogens is 448 g/mol. The van der Waals surface area contributed by atoms with E-state index in [4.69, 9.17) is 9.47 Å². The summed E-state index contributed by atoms with van der Waals surface area (Å²) < 4.78 is 11.9. The zero-order chi connectivity index (χ0) is 23.5. The predicted molar refractivity (Wildman–Crippen MR) is 122 cm³/mol. The van der Waals surface area contributed by atoms with Gasteiger partial charge in [-0.15, -0.1) is 0 Å². The topological polar surface area (TPSA) is 133 Å². The fourth-order valence-corrected chi connectivity index (χ4v) is 3.96. The van der Waals surface area contributed by atoms with Gasteiger partial charge < -0.3 is 14.6 Å². The number of aromatic nitrogens is 3. The quantitative estimate of drug-likeness (QED) is 0.415. The van der Waals surface area contributed by atoms with Crippen LogP contribution in [0.2, 0.25) is 0 Å². The van der Waals surface area contributed by atoms with Crippen LogP contribution >= 0.6 is 11.3 Å². The number of nitrogens with one attached hydrogen (secondary N) is 1. The average Bonchev–Trinajstić information content (AvgIpc) is 3.20. The molecule has 168 valence electrons. The number of hydrogen-bond donors (Lipinski definition) is 2. The van der Waals surface area contributed by atoms with Crippen molar-refractivity contribution < 1.29 is 24.2 Å². The van der Waals surface area contributed by atoms with Gasteiger partial charge in [-0.2, -0.15) is 9.78 Å². The van der Waals surface area contributed by atoms with Crippen molar-refractivity contribution in [3.05, 3.63) is 70.1 Å². The second-order valence-corrected chi connectivity index (χ2v) is 7.71. The summed E-state index contributed by atoms with van der Waals surface area (Å²) >= 11 is 1.14. The summed E-state index contributed by atoms with van der Waals surface area (Å²) in [6.07, 6.45) is 0. The third kappa shape index (κ3) is 4.39. The summed E-state index contributed by atoms with van der Waals surface area (Å²) in [5.41, 5.74) is 0.242. The molecule has 2 N–H and O–H groups in total. The number of para-hydroxylation sites is 2. The van der Waals surface area contributed by atoms with Crippen LogP contribution in [-0.4, -0.2) is 45.5 Å². The van der Waals surface area contributed by atoms with E-state index in [1.165, 1.54) is 7.11 Å². The number of ether oxygens (including phenoxy) is 2. The minimum Gasteiger partial charge on any atom is -0.505 e. The van der Waals surface area contributed by atoms with Gasteiger partial charge in [0.2, 0.25) is 0 Å². The molecule has 0 bridgehead atoms. The Hall–Kier alpha value is -4.25. The maximum Gasteiger partial charge on any atom is 0.338 e. The van der Waals surface area contributed by atoms with Crippen LogP contribution in [0.15, 0.2) is 53.3 Å². The Morgan fingerprint density at radius 1 is 1.18 bits per heavy atom.